The number of esters is 1. The standard InChI is InChI=1S/C20H28O4/c1-6-7-13-17(21)16(20(22)23-5)19-14-11(4)8-9-12(10(2)3)15(14)18(13)24-19/h6,8,10,12-15,18-19,21H,1,7,9H2,2-5H3/t12-,13+,14+,15-,18+,19+/m1/s1. The maximum Gasteiger partial charge on any atom is 0.339 e. The highest BCUT2D eigenvalue weighted by Gasteiger charge is 2.59. The van der Waals surface area contributed by atoms with Crippen molar-refractivity contribution in [2.75, 3.05) is 7.11 Å². The lowest BCUT2D eigenvalue weighted by molar-refractivity contribution is -0.139. The van der Waals surface area contributed by atoms with Crippen LogP contribution in [-0.4, -0.2) is 30.4 Å². The van der Waals surface area contributed by atoms with Gasteiger partial charge in [0.1, 0.15) is 17.4 Å². The maximum atomic E-state index is 12.3. The first kappa shape index (κ1) is 17.3. The van der Waals surface area contributed by atoms with Crippen molar-refractivity contribution in [1.82, 2.24) is 0 Å². The number of carbonyl (C=O) groups excluding carboxylic acids is 1. The molecule has 1 fully saturated rings. The van der Waals surface area contributed by atoms with Crippen LogP contribution >= 0.6 is 0 Å². The summed E-state index contributed by atoms with van der Waals surface area (Å²) in [6.45, 7) is 10.4. The molecule has 2 aliphatic heterocycles. The lowest BCUT2D eigenvalue weighted by Crippen LogP contribution is -2.38. The molecule has 132 valence electrons. The summed E-state index contributed by atoms with van der Waals surface area (Å²) in [5.74, 6) is 0.924. The van der Waals surface area contributed by atoms with Gasteiger partial charge in [-0.1, -0.05) is 31.6 Å². The number of hydrogen-bond donors (Lipinski definition) is 1. The Morgan fingerprint density at radius 2 is 2.25 bits per heavy atom. The Morgan fingerprint density at radius 1 is 1.54 bits per heavy atom. The maximum absolute atomic E-state index is 12.3. The average molecular weight is 332 g/mol. The molecule has 0 amide bonds. The van der Waals surface area contributed by atoms with Gasteiger partial charge in [0.25, 0.3) is 0 Å². The molecule has 0 aromatic rings. The monoisotopic (exact) mass is 332 g/mol. The minimum absolute atomic E-state index is 0.0672. The smallest absolute Gasteiger partial charge is 0.339 e. The van der Waals surface area contributed by atoms with E-state index in [-0.39, 0.29) is 23.7 Å². The number of rotatable bonds is 4. The molecule has 0 radical (unpaired) electrons. The van der Waals surface area contributed by atoms with Crippen molar-refractivity contribution in [2.24, 2.45) is 29.6 Å². The van der Waals surface area contributed by atoms with Crippen LogP contribution in [0.2, 0.25) is 0 Å². The second-order valence-electron chi connectivity index (χ2n) is 7.64. The van der Waals surface area contributed by atoms with Crippen LogP contribution in [0.1, 0.15) is 33.6 Å². The predicted octanol–water partition coefficient (Wildman–Crippen LogP) is 3.80. The van der Waals surface area contributed by atoms with Crippen molar-refractivity contribution in [2.45, 2.75) is 45.8 Å². The van der Waals surface area contributed by atoms with E-state index in [9.17, 15) is 9.90 Å². The highest BCUT2D eigenvalue weighted by atomic mass is 16.5. The normalized spacial score (nSPS) is 38.0. The van der Waals surface area contributed by atoms with Crippen molar-refractivity contribution in [3.8, 4) is 0 Å². The van der Waals surface area contributed by atoms with Gasteiger partial charge in [-0.05, 0) is 37.5 Å². The highest BCUT2D eigenvalue weighted by Crippen LogP contribution is 2.56. The van der Waals surface area contributed by atoms with Gasteiger partial charge in [0, 0.05) is 11.8 Å². The zero-order chi connectivity index (χ0) is 17.6. The molecule has 0 aromatic carbocycles. The molecule has 4 heteroatoms. The van der Waals surface area contributed by atoms with Crippen LogP contribution in [0.25, 0.3) is 0 Å². The summed E-state index contributed by atoms with van der Waals surface area (Å²) in [5.41, 5.74) is 1.57. The van der Waals surface area contributed by atoms with E-state index in [1.54, 1.807) is 6.08 Å². The van der Waals surface area contributed by atoms with Crippen molar-refractivity contribution < 1.29 is 19.4 Å². The Kier molecular flexibility index (Phi) is 4.60. The lowest BCUT2D eigenvalue weighted by Gasteiger charge is -2.38. The fraction of sp³-hybridized carbons (Fsp3) is 0.650. The van der Waals surface area contributed by atoms with Crippen LogP contribution in [0.4, 0.5) is 0 Å². The third-order valence-electron chi connectivity index (χ3n) is 6.15. The summed E-state index contributed by atoms with van der Waals surface area (Å²) in [5, 5.41) is 10.8. The van der Waals surface area contributed by atoms with E-state index in [1.807, 2.05) is 0 Å². The quantitative estimate of drug-likeness (QED) is 0.628. The molecule has 0 aromatic heterocycles. The minimum Gasteiger partial charge on any atom is -0.511 e. The number of hydrogen-bond acceptors (Lipinski definition) is 4. The van der Waals surface area contributed by atoms with Gasteiger partial charge >= 0.3 is 5.97 Å². The molecule has 4 nitrogen and oxygen atoms in total. The molecule has 24 heavy (non-hydrogen) atoms. The van der Waals surface area contributed by atoms with Gasteiger partial charge in [0.2, 0.25) is 0 Å². The molecular formula is C20H28O4. The molecule has 2 bridgehead atoms. The lowest BCUT2D eigenvalue weighted by atomic mass is 9.65. The Labute approximate surface area is 144 Å². The van der Waals surface area contributed by atoms with Gasteiger partial charge in [-0.3, -0.25) is 0 Å². The zero-order valence-corrected chi connectivity index (χ0v) is 15.0. The fourth-order valence-electron chi connectivity index (χ4n) is 5.00. The molecule has 3 aliphatic rings. The first-order valence-corrected chi connectivity index (χ1v) is 8.86. The topological polar surface area (TPSA) is 55.8 Å². The van der Waals surface area contributed by atoms with E-state index in [0.29, 0.717) is 29.7 Å². The van der Waals surface area contributed by atoms with Crippen LogP contribution in [0.3, 0.4) is 0 Å². The first-order chi connectivity index (χ1) is 11.4. The zero-order valence-electron chi connectivity index (χ0n) is 15.0. The van der Waals surface area contributed by atoms with Gasteiger partial charge in [-0.25, -0.2) is 4.79 Å². The number of aliphatic hydroxyl groups excluding tert-OH is 1. The van der Waals surface area contributed by atoms with Crippen LogP contribution in [0.5, 0.6) is 0 Å². The molecule has 0 saturated carbocycles. The first-order valence-electron chi connectivity index (χ1n) is 8.86. The molecule has 2 heterocycles. The van der Waals surface area contributed by atoms with Crippen LogP contribution in [-0.2, 0) is 14.3 Å². The summed E-state index contributed by atoms with van der Waals surface area (Å²) in [6, 6.07) is 0. The summed E-state index contributed by atoms with van der Waals surface area (Å²) in [4.78, 5) is 12.3. The Hall–Kier alpha value is -1.55. The van der Waals surface area contributed by atoms with E-state index in [2.05, 4.69) is 33.4 Å². The predicted molar refractivity (Wildman–Crippen MR) is 92.3 cm³/mol. The van der Waals surface area contributed by atoms with E-state index in [4.69, 9.17) is 9.47 Å². The number of carbonyl (C=O) groups is 1. The van der Waals surface area contributed by atoms with E-state index >= 15 is 0 Å². The summed E-state index contributed by atoms with van der Waals surface area (Å²) in [7, 11) is 1.35. The van der Waals surface area contributed by atoms with Crippen molar-refractivity contribution in [3.63, 3.8) is 0 Å². The van der Waals surface area contributed by atoms with Gasteiger partial charge < -0.3 is 14.6 Å². The number of methoxy groups -OCH3 is 1. The third-order valence-corrected chi connectivity index (χ3v) is 6.15. The Balaban J connectivity index is 2.11. The Bertz CT molecular complexity index is 601. The number of aliphatic hydroxyl groups is 1. The fourth-order valence-corrected chi connectivity index (χ4v) is 5.00. The molecule has 6 atom stereocenters. The summed E-state index contributed by atoms with van der Waals surface area (Å²) in [6.07, 6.45) is 5.24. The highest BCUT2D eigenvalue weighted by molar-refractivity contribution is 5.90. The Morgan fingerprint density at radius 3 is 2.83 bits per heavy atom. The third kappa shape index (κ3) is 2.43. The molecule has 0 spiro atoms. The van der Waals surface area contributed by atoms with E-state index in [1.165, 1.54) is 12.7 Å². The van der Waals surface area contributed by atoms with E-state index in [0.717, 1.165) is 6.42 Å². The van der Waals surface area contributed by atoms with Gasteiger partial charge in [-0.2, -0.15) is 0 Å². The van der Waals surface area contributed by atoms with Crippen molar-refractivity contribution in [1.29, 1.82) is 0 Å². The van der Waals surface area contributed by atoms with Crippen molar-refractivity contribution >= 4 is 5.97 Å². The van der Waals surface area contributed by atoms with Gasteiger partial charge in [0.15, 0.2) is 0 Å². The largest absolute Gasteiger partial charge is 0.511 e. The van der Waals surface area contributed by atoms with Crippen LogP contribution in [0, 0.1) is 29.6 Å². The van der Waals surface area contributed by atoms with Gasteiger partial charge in [0.05, 0.1) is 13.2 Å². The summed E-state index contributed by atoms with van der Waals surface area (Å²) >= 11 is 0. The van der Waals surface area contributed by atoms with E-state index < -0.39 is 12.1 Å². The van der Waals surface area contributed by atoms with Crippen LogP contribution < -0.4 is 0 Å². The molecule has 1 aliphatic carbocycles. The van der Waals surface area contributed by atoms with Crippen LogP contribution in [0.15, 0.2) is 35.6 Å². The minimum atomic E-state index is -0.481. The number of ether oxygens (including phenoxy) is 2. The second-order valence-corrected chi connectivity index (χ2v) is 7.64. The number of allylic oxidation sites excluding steroid dienone is 2. The summed E-state index contributed by atoms with van der Waals surface area (Å²) < 4.78 is 11.3. The van der Waals surface area contributed by atoms with Crippen molar-refractivity contribution in [3.05, 3.63) is 35.6 Å². The molecule has 0 unspecified atom stereocenters. The molecule has 1 saturated heterocycles. The van der Waals surface area contributed by atoms with Gasteiger partial charge in [-0.15, -0.1) is 6.58 Å². The number of fused-ring (bicyclic) bond motifs is 5. The molecule has 1 N–H and O–H groups in total. The SMILES string of the molecule is C=CC[C@H]1C(O)=C(C(=O)OC)[C@H]2O[C@@H]1[C@H]1[C@@H]2C(C)=CC[C@@H]1C(C)C. The average Bonchev–Trinajstić information content (AvgIpc) is 2.88. The molecule has 3 rings (SSSR count). The second kappa shape index (κ2) is 6.40. The molecular weight excluding hydrogens is 304 g/mol.